The number of ether oxygens (including phenoxy) is 4. The Morgan fingerprint density at radius 1 is 1.03 bits per heavy atom. The Balaban J connectivity index is 1.51. The van der Waals surface area contributed by atoms with Crippen molar-refractivity contribution in [2.75, 3.05) is 26.4 Å². The number of carboxylic acid groups (broad SMARTS) is 1. The predicted octanol–water partition coefficient (Wildman–Crippen LogP) is 4.88. The number of epoxide rings is 2. The van der Waals surface area contributed by atoms with E-state index in [1.807, 2.05) is 24.3 Å². The molecule has 0 aromatic heterocycles. The molecule has 6 heteroatoms. The van der Waals surface area contributed by atoms with E-state index in [4.69, 9.17) is 18.9 Å². The first-order valence-electron chi connectivity index (χ1n) is 12.7. The third-order valence-corrected chi connectivity index (χ3v) is 8.03. The molecular formula is C28H36O6. The van der Waals surface area contributed by atoms with Crippen LogP contribution in [0, 0.1) is 17.3 Å². The second-order valence-corrected chi connectivity index (χ2v) is 10.5. The van der Waals surface area contributed by atoms with Crippen LogP contribution in [0.2, 0.25) is 0 Å². The van der Waals surface area contributed by atoms with Crippen molar-refractivity contribution in [1.29, 1.82) is 0 Å². The zero-order chi connectivity index (χ0) is 23.8. The summed E-state index contributed by atoms with van der Waals surface area (Å²) in [5.41, 5.74) is -0.457. The summed E-state index contributed by atoms with van der Waals surface area (Å²) in [6.45, 7) is 6.80. The summed E-state index contributed by atoms with van der Waals surface area (Å²) < 4.78 is 22.4. The van der Waals surface area contributed by atoms with Crippen LogP contribution in [0.15, 0.2) is 48.3 Å². The minimum atomic E-state index is -1.05. The number of carbonyl (C=O) groups is 1. The Morgan fingerprint density at radius 2 is 1.65 bits per heavy atom. The third kappa shape index (κ3) is 4.38. The molecule has 0 amide bonds. The van der Waals surface area contributed by atoms with Gasteiger partial charge in [-0.3, -0.25) is 4.79 Å². The lowest BCUT2D eigenvalue weighted by Gasteiger charge is -2.54. The lowest BCUT2D eigenvalue weighted by molar-refractivity contribution is -0.156. The highest BCUT2D eigenvalue weighted by atomic mass is 16.6. The van der Waals surface area contributed by atoms with Crippen LogP contribution in [0.3, 0.4) is 0 Å². The van der Waals surface area contributed by atoms with Crippen molar-refractivity contribution in [2.45, 2.75) is 63.6 Å². The van der Waals surface area contributed by atoms with Gasteiger partial charge in [0.15, 0.2) is 0 Å². The van der Waals surface area contributed by atoms with E-state index in [-0.39, 0.29) is 24.0 Å². The van der Waals surface area contributed by atoms with E-state index < -0.39 is 16.8 Å². The molecular weight excluding hydrogens is 432 g/mol. The van der Waals surface area contributed by atoms with E-state index in [1.54, 1.807) is 0 Å². The average Bonchev–Trinajstić information content (AvgIpc) is 3.77. The molecule has 2 aliphatic heterocycles. The maximum atomic E-state index is 13.3. The maximum absolute atomic E-state index is 13.3. The standard InChI is InChI=1S/C28H36O6/c1-19(2)25-14-22(32-16-24-18-34-24)10-13-28(25,26(29)30)27(11-4-3-5-12-27)20-6-8-21(9-7-20)31-15-23-17-33-23/h6-10,13-14,19,23-25H,3-5,11-12,15-18H2,1-2H3,(H,29,30). The Kier molecular flexibility index (Phi) is 6.47. The number of rotatable bonds is 10. The van der Waals surface area contributed by atoms with Crippen molar-refractivity contribution >= 4 is 5.97 Å². The Labute approximate surface area is 201 Å². The average molecular weight is 469 g/mol. The zero-order valence-electron chi connectivity index (χ0n) is 20.2. The molecule has 1 aromatic rings. The van der Waals surface area contributed by atoms with Gasteiger partial charge in [0.25, 0.3) is 0 Å². The summed E-state index contributed by atoms with van der Waals surface area (Å²) in [6, 6.07) is 8.15. The molecule has 0 bridgehead atoms. The summed E-state index contributed by atoms with van der Waals surface area (Å²) in [5, 5.41) is 10.9. The second kappa shape index (κ2) is 9.38. The molecule has 0 radical (unpaired) electrons. The van der Waals surface area contributed by atoms with Crippen LogP contribution in [0.25, 0.3) is 0 Å². The number of hydrogen-bond donors (Lipinski definition) is 1. The van der Waals surface area contributed by atoms with Crippen molar-refractivity contribution in [2.24, 2.45) is 17.3 Å². The van der Waals surface area contributed by atoms with E-state index in [0.717, 1.165) is 62.4 Å². The lowest BCUT2D eigenvalue weighted by Crippen LogP contribution is -2.56. The van der Waals surface area contributed by atoms with Crippen molar-refractivity contribution in [3.8, 4) is 5.75 Å². The van der Waals surface area contributed by atoms with Gasteiger partial charge >= 0.3 is 5.97 Å². The highest BCUT2D eigenvalue weighted by Gasteiger charge is 2.61. The SMILES string of the molecule is CC(C)C1C=C(OCC2CO2)C=CC1(C(=O)O)C1(c2ccc(OCC3CO3)cc2)CCCCC1. The molecule has 2 heterocycles. The second-order valence-electron chi connectivity index (χ2n) is 10.5. The van der Waals surface area contributed by atoms with E-state index in [2.05, 4.69) is 32.1 Å². The monoisotopic (exact) mass is 468 g/mol. The summed E-state index contributed by atoms with van der Waals surface area (Å²) in [7, 11) is 0. The smallest absolute Gasteiger partial charge is 0.315 e. The van der Waals surface area contributed by atoms with Gasteiger partial charge in [-0.2, -0.15) is 0 Å². The number of carboxylic acids is 1. The molecule has 1 N–H and O–H groups in total. The van der Waals surface area contributed by atoms with Crippen molar-refractivity contribution < 1.29 is 28.8 Å². The molecule has 5 rings (SSSR count). The fourth-order valence-corrected chi connectivity index (χ4v) is 6.07. The molecule has 4 aliphatic rings. The van der Waals surface area contributed by atoms with E-state index in [0.29, 0.717) is 13.2 Å². The van der Waals surface area contributed by atoms with Crippen molar-refractivity contribution in [3.63, 3.8) is 0 Å². The third-order valence-electron chi connectivity index (χ3n) is 8.03. The van der Waals surface area contributed by atoms with Crippen LogP contribution in [-0.2, 0) is 24.4 Å². The maximum Gasteiger partial charge on any atom is 0.315 e. The predicted molar refractivity (Wildman–Crippen MR) is 128 cm³/mol. The summed E-state index contributed by atoms with van der Waals surface area (Å²) in [4.78, 5) is 13.3. The van der Waals surface area contributed by atoms with Gasteiger partial charge in [-0.25, -0.2) is 0 Å². The zero-order valence-corrected chi connectivity index (χ0v) is 20.2. The van der Waals surface area contributed by atoms with Crippen LogP contribution in [0.1, 0.15) is 51.5 Å². The van der Waals surface area contributed by atoms with Gasteiger partial charge in [0, 0.05) is 11.3 Å². The molecule has 1 aromatic carbocycles. The van der Waals surface area contributed by atoms with Crippen LogP contribution in [-0.4, -0.2) is 49.7 Å². The first-order valence-corrected chi connectivity index (χ1v) is 12.7. The topological polar surface area (TPSA) is 80.8 Å². The molecule has 34 heavy (non-hydrogen) atoms. The van der Waals surface area contributed by atoms with E-state index in [1.165, 1.54) is 0 Å². The molecule has 1 saturated carbocycles. The van der Waals surface area contributed by atoms with Crippen LogP contribution < -0.4 is 4.74 Å². The minimum absolute atomic E-state index is 0.136. The van der Waals surface area contributed by atoms with Crippen LogP contribution >= 0.6 is 0 Å². The van der Waals surface area contributed by atoms with Gasteiger partial charge in [0.1, 0.15) is 42.3 Å². The molecule has 6 nitrogen and oxygen atoms in total. The lowest BCUT2D eigenvalue weighted by atomic mass is 9.47. The van der Waals surface area contributed by atoms with Gasteiger partial charge in [0.2, 0.25) is 0 Å². The number of benzene rings is 1. The summed E-state index contributed by atoms with van der Waals surface area (Å²) in [5.74, 6) is 0.745. The normalized spacial score (nSPS) is 31.6. The van der Waals surface area contributed by atoms with Gasteiger partial charge in [-0.05, 0) is 48.6 Å². The summed E-state index contributed by atoms with van der Waals surface area (Å²) in [6.07, 6.45) is 11.2. The number of allylic oxidation sites excluding steroid dienone is 2. The number of aliphatic carboxylic acids is 1. The van der Waals surface area contributed by atoms with Crippen molar-refractivity contribution in [1.82, 2.24) is 0 Å². The Morgan fingerprint density at radius 3 is 2.21 bits per heavy atom. The molecule has 184 valence electrons. The van der Waals surface area contributed by atoms with Gasteiger partial charge in [0.05, 0.1) is 13.2 Å². The highest BCUT2D eigenvalue weighted by molar-refractivity contribution is 5.82. The largest absolute Gasteiger partial charge is 0.491 e. The fourth-order valence-electron chi connectivity index (χ4n) is 6.07. The van der Waals surface area contributed by atoms with Crippen molar-refractivity contribution in [3.05, 3.63) is 53.8 Å². The molecule has 0 spiro atoms. The van der Waals surface area contributed by atoms with Gasteiger partial charge in [-0.15, -0.1) is 0 Å². The summed E-state index contributed by atoms with van der Waals surface area (Å²) >= 11 is 0. The first kappa shape index (κ1) is 23.4. The van der Waals surface area contributed by atoms with Crippen LogP contribution in [0.4, 0.5) is 0 Å². The quantitative estimate of drug-likeness (QED) is 0.493. The van der Waals surface area contributed by atoms with Gasteiger partial charge in [-0.1, -0.05) is 51.3 Å². The molecule has 2 saturated heterocycles. The van der Waals surface area contributed by atoms with E-state index >= 15 is 0 Å². The molecule has 3 fully saturated rings. The minimum Gasteiger partial charge on any atom is -0.491 e. The molecule has 2 aliphatic carbocycles. The first-order chi connectivity index (χ1) is 16.4. The molecule has 4 atom stereocenters. The molecule has 4 unspecified atom stereocenters. The highest BCUT2D eigenvalue weighted by Crippen LogP contribution is 2.59. The fraction of sp³-hybridized carbons (Fsp3) is 0.607. The Hall–Kier alpha value is -2.31. The Bertz CT molecular complexity index is 934. The number of hydrogen-bond acceptors (Lipinski definition) is 5. The van der Waals surface area contributed by atoms with E-state index in [9.17, 15) is 9.90 Å². The van der Waals surface area contributed by atoms with Crippen LogP contribution in [0.5, 0.6) is 5.75 Å². The van der Waals surface area contributed by atoms with Gasteiger partial charge < -0.3 is 24.1 Å².